The van der Waals surface area contributed by atoms with Crippen LogP contribution in [0.15, 0.2) is 0 Å². The summed E-state index contributed by atoms with van der Waals surface area (Å²) >= 11 is 0. The first kappa shape index (κ1) is 9.01. The molecule has 0 aromatic heterocycles. The van der Waals surface area contributed by atoms with E-state index in [2.05, 4.69) is 11.8 Å². The monoisotopic (exact) mass is 157 g/mol. The predicted octanol–water partition coefficient (Wildman–Crippen LogP) is 1.10. The molecule has 1 saturated heterocycles. The average Bonchev–Trinajstić information content (AvgIpc) is 1.93. The Morgan fingerprint density at radius 1 is 1.45 bits per heavy atom. The molecule has 11 heavy (non-hydrogen) atoms. The maximum atomic E-state index is 9.13. The zero-order chi connectivity index (χ0) is 8.27. The second-order valence-corrected chi connectivity index (χ2v) is 3.83. The van der Waals surface area contributed by atoms with Gasteiger partial charge in [0.05, 0.1) is 6.10 Å². The molecule has 0 bridgehead atoms. The Balaban J connectivity index is 2.17. The highest BCUT2D eigenvalue weighted by molar-refractivity contribution is 4.70. The van der Waals surface area contributed by atoms with Crippen LogP contribution in [0.4, 0.5) is 0 Å². The molecule has 0 aliphatic carbocycles. The maximum absolute atomic E-state index is 9.13. The number of hydrogen-bond donors (Lipinski definition) is 1. The van der Waals surface area contributed by atoms with E-state index < -0.39 is 0 Å². The van der Waals surface area contributed by atoms with E-state index in [9.17, 15) is 0 Å². The van der Waals surface area contributed by atoms with Gasteiger partial charge in [-0.25, -0.2) is 0 Å². The Labute approximate surface area is 69.2 Å². The molecule has 0 unspecified atom stereocenters. The third-order valence-corrected chi connectivity index (χ3v) is 2.40. The van der Waals surface area contributed by atoms with Crippen molar-refractivity contribution in [1.82, 2.24) is 4.90 Å². The number of rotatable bonds is 2. The first-order valence-corrected chi connectivity index (χ1v) is 4.59. The molecule has 1 aliphatic rings. The highest BCUT2D eigenvalue weighted by Gasteiger charge is 2.16. The first-order valence-electron chi connectivity index (χ1n) is 4.59. The quantitative estimate of drug-likeness (QED) is 0.649. The summed E-state index contributed by atoms with van der Waals surface area (Å²) in [6.45, 7) is 7.36. The van der Waals surface area contributed by atoms with Crippen LogP contribution in [0.5, 0.6) is 0 Å². The van der Waals surface area contributed by atoms with Gasteiger partial charge in [-0.1, -0.05) is 6.92 Å². The highest BCUT2D eigenvalue weighted by atomic mass is 16.3. The molecule has 1 rings (SSSR count). The molecule has 1 heterocycles. The standard InChI is InChI=1S/C9H19NO/c1-8-3-5-10(6-4-8)7-9(2)11/h8-9,11H,3-7H2,1-2H3/t9-/m1/s1. The summed E-state index contributed by atoms with van der Waals surface area (Å²) in [5, 5.41) is 9.13. The van der Waals surface area contributed by atoms with Crippen molar-refractivity contribution in [2.75, 3.05) is 19.6 Å². The van der Waals surface area contributed by atoms with Gasteiger partial charge in [0.1, 0.15) is 0 Å². The Morgan fingerprint density at radius 2 is 2.00 bits per heavy atom. The van der Waals surface area contributed by atoms with Gasteiger partial charge >= 0.3 is 0 Å². The minimum atomic E-state index is -0.164. The zero-order valence-electron chi connectivity index (χ0n) is 7.58. The fraction of sp³-hybridized carbons (Fsp3) is 1.00. The van der Waals surface area contributed by atoms with E-state index in [1.165, 1.54) is 25.9 Å². The van der Waals surface area contributed by atoms with Crippen LogP contribution in [0.2, 0.25) is 0 Å². The van der Waals surface area contributed by atoms with Gasteiger partial charge in [-0.2, -0.15) is 0 Å². The van der Waals surface area contributed by atoms with Gasteiger partial charge in [-0.15, -0.1) is 0 Å². The van der Waals surface area contributed by atoms with Crippen LogP contribution < -0.4 is 0 Å². The molecule has 2 nitrogen and oxygen atoms in total. The summed E-state index contributed by atoms with van der Waals surface area (Å²) in [6, 6.07) is 0. The van der Waals surface area contributed by atoms with Gasteiger partial charge in [0.2, 0.25) is 0 Å². The van der Waals surface area contributed by atoms with E-state index in [0.717, 1.165) is 12.5 Å². The first-order chi connectivity index (χ1) is 5.18. The summed E-state index contributed by atoms with van der Waals surface area (Å²) in [7, 11) is 0. The minimum absolute atomic E-state index is 0.164. The largest absolute Gasteiger partial charge is 0.392 e. The molecule has 0 spiro atoms. The number of piperidine rings is 1. The molecule has 2 heteroatoms. The summed E-state index contributed by atoms with van der Waals surface area (Å²) < 4.78 is 0. The molecule has 1 aliphatic heterocycles. The Bertz CT molecular complexity index is 106. The van der Waals surface area contributed by atoms with E-state index in [4.69, 9.17) is 5.11 Å². The maximum Gasteiger partial charge on any atom is 0.0639 e. The van der Waals surface area contributed by atoms with Crippen molar-refractivity contribution in [3.63, 3.8) is 0 Å². The lowest BCUT2D eigenvalue weighted by Gasteiger charge is -2.30. The topological polar surface area (TPSA) is 23.5 Å². The third kappa shape index (κ3) is 3.21. The summed E-state index contributed by atoms with van der Waals surface area (Å²) in [6.07, 6.45) is 2.43. The number of nitrogens with zero attached hydrogens (tertiary/aromatic N) is 1. The third-order valence-electron chi connectivity index (χ3n) is 2.40. The molecule has 1 atom stereocenters. The van der Waals surface area contributed by atoms with Crippen LogP contribution in [0.25, 0.3) is 0 Å². The number of hydrogen-bond acceptors (Lipinski definition) is 2. The molecule has 0 amide bonds. The van der Waals surface area contributed by atoms with E-state index >= 15 is 0 Å². The van der Waals surface area contributed by atoms with Gasteiger partial charge in [0.25, 0.3) is 0 Å². The smallest absolute Gasteiger partial charge is 0.0639 e. The number of likely N-dealkylation sites (tertiary alicyclic amines) is 1. The predicted molar refractivity (Wildman–Crippen MR) is 46.5 cm³/mol. The number of β-amino-alcohol motifs (C(OH)–C–C–N with tert-alkyl or cyclic N) is 1. The van der Waals surface area contributed by atoms with Gasteiger partial charge in [-0.3, -0.25) is 0 Å². The normalized spacial score (nSPS) is 25.4. The van der Waals surface area contributed by atoms with Gasteiger partial charge in [-0.05, 0) is 38.8 Å². The van der Waals surface area contributed by atoms with E-state index in [1.807, 2.05) is 6.92 Å². The average molecular weight is 157 g/mol. The van der Waals surface area contributed by atoms with Crippen molar-refractivity contribution in [1.29, 1.82) is 0 Å². The van der Waals surface area contributed by atoms with Crippen LogP contribution in [0.3, 0.4) is 0 Å². The van der Waals surface area contributed by atoms with Gasteiger partial charge < -0.3 is 10.0 Å². The number of aliphatic hydroxyl groups excluding tert-OH is 1. The lowest BCUT2D eigenvalue weighted by Crippen LogP contribution is -2.37. The molecule has 66 valence electrons. The molecule has 1 N–H and O–H groups in total. The second-order valence-electron chi connectivity index (χ2n) is 3.83. The van der Waals surface area contributed by atoms with Crippen LogP contribution in [-0.2, 0) is 0 Å². The van der Waals surface area contributed by atoms with Crippen molar-refractivity contribution in [2.45, 2.75) is 32.8 Å². The van der Waals surface area contributed by atoms with E-state index in [1.54, 1.807) is 0 Å². The highest BCUT2D eigenvalue weighted by Crippen LogP contribution is 2.15. The fourth-order valence-electron chi connectivity index (χ4n) is 1.62. The second kappa shape index (κ2) is 4.07. The van der Waals surface area contributed by atoms with Gasteiger partial charge in [0.15, 0.2) is 0 Å². The van der Waals surface area contributed by atoms with Crippen LogP contribution >= 0.6 is 0 Å². The van der Waals surface area contributed by atoms with Crippen molar-refractivity contribution in [3.8, 4) is 0 Å². The van der Waals surface area contributed by atoms with Crippen LogP contribution in [-0.4, -0.2) is 35.7 Å². The van der Waals surface area contributed by atoms with Crippen molar-refractivity contribution in [2.24, 2.45) is 5.92 Å². The van der Waals surface area contributed by atoms with E-state index in [0.29, 0.717) is 0 Å². The molecular formula is C9H19NO. The molecule has 1 fully saturated rings. The molecule has 0 aromatic rings. The Hall–Kier alpha value is -0.0800. The SMILES string of the molecule is CC1CCN(C[C@@H](C)O)CC1. The molecule has 0 aromatic carbocycles. The van der Waals surface area contributed by atoms with Crippen molar-refractivity contribution < 1.29 is 5.11 Å². The van der Waals surface area contributed by atoms with Crippen LogP contribution in [0, 0.1) is 5.92 Å². The summed E-state index contributed by atoms with van der Waals surface area (Å²) in [5.41, 5.74) is 0. The van der Waals surface area contributed by atoms with E-state index in [-0.39, 0.29) is 6.10 Å². The lowest BCUT2D eigenvalue weighted by atomic mass is 9.99. The minimum Gasteiger partial charge on any atom is -0.392 e. The summed E-state index contributed by atoms with van der Waals surface area (Å²) in [4.78, 5) is 2.35. The summed E-state index contributed by atoms with van der Waals surface area (Å²) in [5.74, 6) is 0.889. The molecule has 0 radical (unpaired) electrons. The molecule has 0 saturated carbocycles. The van der Waals surface area contributed by atoms with Crippen molar-refractivity contribution >= 4 is 0 Å². The number of aliphatic hydroxyl groups is 1. The lowest BCUT2D eigenvalue weighted by molar-refractivity contribution is 0.103. The van der Waals surface area contributed by atoms with Gasteiger partial charge in [0, 0.05) is 6.54 Å². The fourth-order valence-corrected chi connectivity index (χ4v) is 1.62. The zero-order valence-corrected chi connectivity index (χ0v) is 7.58. The van der Waals surface area contributed by atoms with Crippen molar-refractivity contribution in [3.05, 3.63) is 0 Å². The molecular weight excluding hydrogens is 138 g/mol. The Morgan fingerprint density at radius 3 is 2.45 bits per heavy atom. The van der Waals surface area contributed by atoms with Crippen LogP contribution in [0.1, 0.15) is 26.7 Å². The Kier molecular flexibility index (Phi) is 3.34.